The van der Waals surface area contributed by atoms with Crippen molar-refractivity contribution in [2.75, 3.05) is 31.1 Å². The Morgan fingerprint density at radius 1 is 1.04 bits per heavy atom. The highest BCUT2D eigenvalue weighted by Crippen LogP contribution is 2.23. The number of furan rings is 1. The lowest BCUT2D eigenvalue weighted by atomic mass is 9.97. The van der Waals surface area contributed by atoms with Gasteiger partial charge in [0, 0.05) is 26.2 Å². The molecule has 6 nitrogen and oxygen atoms in total. The smallest absolute Gasteiger partial charge is 0.257 e. The Hall–Kier alpha value is -2.37. The fourth-order valence-electron chi connectivity index (χ4n) is 3.79. The molecule has 0 spiro atoms. The summed E-state index contributed by atoms with van der Waals surface area (Å²) in [6.45, 7) is 6.68. The Labute approximate surface area is 147 Å². The molecule has 3 heterocycles. The SMILES string of the molecule is Cc1cc(C(=O)N2CCN(c3cc4c(nn3)CCCC4)CC2)c(C)o1. The second-order valence-corrected chi connectivity index (χ2v) is 6.99. The second kappa shape index (κ2) is 6.50. The summed E-state index contributed by atoms with van der Waals surface area (Å²) >= 11 is 0. The molecule has 2 aromatic heterocycles. The van der Waals surface area contributed by atoms with Crippen molar-refractivity contribution in [3.63, 3.8) is 0 Å². The van der Waals surface area contributed by atoms with Gasteiger partial charge >= 0.3 is 0 Å². The maximum atomic E-state index is 12.7. The van der Waals surface area contributed by atoms with Gasteiger partial charge in [0.05, 0.1) is 11.3 Å². The number of carbonyl (C=O) groups is 1. The van der Waals surface area contributed by atoms with E-state index in [-0.39, 0.29) is 5.91 Å². The molecular weight excluding hydrogens is 316 g/mol. The van der Waals surface area contributed by atoms with E-state index in [0.29, 0.717) is 24.4 Å². The average molecular weight is 340 g/mol. The number of carbonyl (C=O) groups excluding carboxylic acids is 1. The zero-order valence-corrected chi connectivity index (χ0v) is 14.9. The van der Waals surface area contributed by atoms with Crippen molar-refractivity contribution >= 4 is 11.7 Å². The molecule has 1 amide bonds. The van der Waals surface area contributed by atoms with Crippen molar-refractivity contribution in [2.45, 2.75) is 39.5 Å². The number of hydrogen-bond acceptors (Lipinski definition) is 5. The molecule has 0 N–H and O–H groups in total. The lowest BCUT2D eigenvalue weighted by molar-refractivity contribution is 0.0744. The third kappa shape index (κ3) is 3.13. The average Bonchev–Trinajstić information content (AvgIpc) is 2.99. The summed E-state index contributed by atoms with van der Waals surface area (Å²) in [4.78, 5) is 16.8. The van der Waals surface area contributed by atoms with Crippen LogP contribution in [-0.2, 0) is 12.8 Å². The normalized spacial score (nSPS) is 17.5. The highest BCUT2D eigenvalue weighted by atomic mass is 16.3. The fourth-order valence-corrected chi connectivity index (χ4v) is 3.79. The minimum absolute atomic E-state index is 0.0607. The molecule has 0 bridgehead atoms. The largest absolute Gasteiger partial charge is 0.466 e. The number of amides is 1. The summed E-state index contributed by atoms with van der Waals surface area (Å²) in [5.41, 5.74) is 3.19. The summed E-state index contributed by atoms with van der Waals surface area (Å²) in [6.07, 6.45) is 4.61. The molecule has 0 unspecified atom stereocenters. The lowest BCUT2D eigenvalue weighted by Gasteiger charge is -2.35. The molecule has 2 aromatic rings. The van der Waals surface area contributed by atoms with Gasteiger partial charge in [0.2, 0.25) is 0 Å². The number of rotatable bonds is 2. The molecule has 0 atom stereocenters. The van der Waals surface area contributed by atoms with E-state index in [1.54, 1.807) is 0 Å². The Morgan fingerprint density at radius 2 is 1.80 bits per heavy atom. The summed E-state index contributed by atoms with van der Waals surface area (Å²) in [6, 6.07) is 4.03. The summed E-state index contributed by atoms with van der Waals surface area (Å²) < 4.78 is 5.49. The molecule has 0 radical (unpaired) electrons. The predicted molar refractivity (Wildman–Crippen MR) is 95.0 cm³/mol. The first kappa shape index (κ1) is 16.1. The predicted octanol–water partition coefficient (Wildman–Crippen LogP) is 2.53. The van der Waals surface area contributed by atoms with Crippen LogP contribution in [0.3, 0.4) is 0 Å². The van der Waals surface area contributed by atoms with Crippen molar-refractivity contribution in [1.29, 1.82) is 0 Å². The van der Waals surface area contributed by atoms with Crippen LogP contribution >= 0.6 is 0 Å². The molecule has 1 aliphatic heterocycles. The number of hydrogen-bond donors (Lipinski definition) is 0. The van der Waals surface area contributed by atoms with E-state index >= 15 is 0 Å². The van der Waals surface area contributed by atoms with Gasteiger partial charge in [-0.25, -0.2) is 0 Å². The van der Waals surface area contributed by atoms with Gasteiger partial charge in [-0.1, -0.05) is 0 Å². The second-order valence-electron chi connectivity index (χ2n) is 6.99. The summed E-state index contributed by atoms with van der Waals surface area (Å²) in [5.74, 6) is 2.49. The number of piperazine rings is 1. The standard InChI is InChI=1S/C19H24N4O2/c1-13-11-16(14(2)25-13)19(24)23-9-7-22(8-10-23)18-12-15-5-3-4-6-17(15)20-21-18/h11-12H,3-10H2,1-2H3. The minimum Gasteiger partial charge on any atom is -0.466 e. The number of nitrogens with zero attached hydrogens (tertiary/aromatic N) is 4. The van der Waals surface area contributed by atoms with Gasteiger partial charge in [0.15, 0.2) is 5.82 Å². The summed E-state index contributed by atoms with van der Waals surface area (Å²) in [7, 11) is 0. The molecule has 132 valence electrons. The van der Waals surface area contributed by atoms with Gasteiger partial charge in [0.1, 0.15) is 11.5 Å². The number of anilines is 1. The van der Waals surface area contributed by atoms with E-state index < -0.39 is 0 Å². The maximum Gasteiger partial charge on any atom is 0.257 e. The van der Waals surface area contributed by atoms with Crippen LogP contribution in [0.25, 0.3) is 0 Å². The van der Waals surface area contributed by atoms with E-state index in [9.17, 15) is 4.79 Å². The topological polar surface area (TPSA) is 62.5 Å². The van der Waals surface area contributed by atoms with Crippen molar-refractivity contribution in [3.05, 3.63) is 40.5 Å². The Balaban J connectivity index is 1.43. The Kier molecular flexibility index (Phi) is 4.19. The molecule has 25 heavy (non-hydrogen) atoms. The highest BCUT2D eigenvalue weighted by Gasteiger charge is 2.26. The van der Waals surface area contributed by atoms with Gasteiger partial charge in [-0.2, -0.15) is 5.10 Å². The quantitative estimate of drug-likeness (QED) is 0.841. The van der Waals surface area contributed by atoms with Crippen molar-refractivity contribution < 1.29 is 9.21 Å². The van der Waals surface area contributed by atoms with Gasteiger partial charge in [0.25, 0.3) is 5.91 Å². The fraction of sp³-hybridized carbons (Fsp3) is 0.526. The highest BCUT2D eigenvalue weighted by molar-refractivity contribution is 5.95. The molecule has 0 aromatic carbocycles. The van der Waals surface area contributed by atoms with Gasteiger partial charge in [-0.15, -0.1) is 5.10 Å². The Morgan fingerprint density at radius 3 is 2.52 bits per heavy atom. The van der Waals surface area contributed by atoms with Crippen molar-refractivity contribution in [1.82, 2.24) is 15.1 Å². The van der Waals surface area contributed by atoms with Crippen LogP contribution < -0.4 is 4.90 Å². The van der Waals surface area contributed by atoms with Gasteiger partial charge in [-0.3, -0.25) is 4.79 Å². The first-order chi connectivity index (χ1) is 12.1. The number of aryl methyl sites for hydroxylation is 4. The first-order valence-electron chi connectivity index (χ1n) is 9.08. The zero-order chi connectivity index (χ0) is 17.4. The number of aromatic nitrogens is 2. The van der Waals surface area contributed by atoms with Crippen molar-refractivity contribution in [3.8, 4) is 0 Å². The van der Waals surface area contributed by atoms with Crippen LogP contribution in [0.2, 0.25) is 0 Å². The lowest BCUT2D eigenvalue weighted by Crippen LogP contribution is -2.49. The first-order valence-corrected chi connectivity index (χ1v) is 9.08. The maximum absolute atomic E-state index is 12.7. The molecule has 2 aliphatic rings. The van der Waals surface area contributed by atoms with Gasteiger partial charge in [-0.05, 0) is 57.2 Å². The van der Waals surface area contributed by atoms with E-state index in [1.165, 1.54) is 18.4 Å². The van der Waals surface area contributed by atoms with E-state index in [1.807, 2.05) is 24.8 Å². The van der Waals surface area contributed by atoms with Crippen LogP contribution in [0.15, 0.2) is 16.5 Å². The van der Waals surface area contributed by atoms with Crippen LogP contribution in [0.4, 0.5) is 5.82 Å². The van der Waals surface area contributed by atoms with E-state index in [0.717, 1.165) is 43.2 Å². The summed E-state index contributed by atoms with van der Waals surface area (Å²) in [5, 5.41) is 8.84. The van der Waals surface area contributed by atoms with Crippen molar-refractivity contribution in [2.24, 2.45) is 0 Å². The zero-order valence-electron chi connectivity index (χ0n) is 14.9. The molecule has 1 fully saturated rings. The third-order valence-electron chi connectivity index (χ3n) is 5.22. The third-order valence-corrected chi connectivity index (χ3v) is 5.22. The van der Waals surface area contributed by atoms with Crippen LogP contribution in [0, 0.1) is 13.8 Å². The van der Waals surface area contributed by atoms with Crippen LogP contribution in [0.1, 0.15) is 46.0 Å². The van der Waals surface area contributed by atoms with Gasteiger partial charge < -0.3 is 14.2 Å². The van der Waals surface area contributed by atoms with Crippen LogP contribution in [-0.4, -0.2) is 47.2 Å². The van der Waals surface area contributed by atoms with E-state index in [2.05, 4.69) is 21.2 Å². The minimum atomic E-state index is 0.0607. The molecular formula is C19H24N4O2. The number of fused-ring (bicyclic) bond motifs is 1. The van der Waals surface area contributed by atoms with E-state index in [4.69, 9.17) is 4.42 Å². The van der Waals surface area contributed by atoms with Crippen LogP contribution in [0.5, 0.6) is 0 Å². The Bertz CT molecular complexity index is 791. The molecule has 4 rings (SSSR count). The molecule has 6 heteroatoms. The molecule has 1 saturated heterocycles. The molecule has 1 aliphatic carbocycles. The molecule has 0 saturated carbocycles. The monoisotopic (exact) mass is 340 g/mol.